The van der Waals surface area contributed by atoms with E-state index in [1.165, 1.54) is 5.56 Å². The molecule has 6 nitrogen and oxygen atoms in total. The highest BCUT2D eigenvalue weighted by Crippen LogP contribution is 2.40. The number of aryl methyl sites for hydroxylation is 2. The normalized spacial score (nSPS) is 28.0. The van der Waals surface area contributed by atoms with Crippen molar-refractivity contribution in [1.82, 2.24) is 24.6 Å². The van der Waals surface area contributed by atoms with Gasteiger partial charge in [-0.1, -0.05) is 0 Å². The Labute approximate surface area is 136 Å². The van der Waals surface area contributed by atoms with Crippen LogP contribution < -0.4 is 0 Å². The molecule has 3 atom stereocenters. The fraction of sp³-hybridized carbons (Fsp3) is 0.588. The number of ether oxygens (including phenoxy) is 1. The third-order valence-electron chi connectivity index (χ3n) is 4.90. The van der Waals surface area contributed by atoms with Crippen molar-refractivity contribution in [2.75, 3.05) is 13.1 Å². The minimum atomic E-state index is 0.130. The Bertz CT molecular complexity index is 685. The molecule has 2 saturated heterocycles. The Morgan fingerprint density at radius 3 is 3.09 bits per heavy atom. The lowest BCUT2D eigenvalue weighted by Crippen LogP contribution is -2.40. The van der Waals surface area contributed by atoms with E-state index in [-0.39, 0.29) is 6.10 Å². The first kappa shape index (κ1) is 14.8. The highest BCUT2D eigenvalue weighted by Gasteiger charge is 2.40. The van der Waals surface area contributed by atoms with E-state index in [9.17, 15) is 0 Å². The zero-order chi connectivity index (χ0) is 15.8. The summed E-state index contributed by atoms with van der Waals surface area (Å²) >= 11 is 0. The lowest BCUT2D eigenvalue weighted by atomic mass is 9.92. The van der Waals surface area contributed by atoms with E-state index in [1.807, 2.05) is 37.1 Å². The van der Waals surface area contributed by atoms with Gasteiger partial charge in [-0.05, 0) is 25.8 Å². The molecule has 2 aromatic rings. The van der Waals surface area contributed by atoms with E-state index in [4.69, 9.17) is 4.74 Å². The molecule has 0 aromatic carbocycles. The predicted molar refractivity (Wildman–Crippen MR) is 85.6 cm³/mol. The first-order chi connectivity index (χ1) is 11.2. The van der Waals surface area contributed by atoms with Crippen LogP contribution >= 0.6 is 0 Å². The lowest BCUT2D eigenvalue weighted by Gasteiger charge is -2.33. The number of hydrogen-bond acceptors (Lipinski definition) is 5. The van der Waals surface area contributed by atoms with Gasteiger partial charge in [-0.3, -0.25) is 9.58 Å². The predicted octanol–water partition coefficient (Wildman–Crippen LogP) is 1.87. The molecule has 0 aliphatic carbocycles. The van der Waals surface area contributed by atoms with Gasteiger partial charge in [0.1, 0.15) is 11.9 Å². The van der Waals surface area contributed by atoms with Gasteiger partial charge in [0.15, 0.2) is 0 Å². The average Bonchev–Trinajstić information content (AvgIpc) is 3.13. The van der Waals surface area contributed by atoms with Crippen LogP contribution in [0.5, 0.6) is 0 Å². The maximum absolute atomic E-state index is 6.28. The van der Waals surface area contributed by atoms with Crippen molar-refractivity contribution >= 4 is 0 Å². The van der Waals surface area contributed by atoms with Crippen molar-refractivity contribution in [3.63, 3.8) is 0 Å². The van der Waals surface area contributed by atoms with Gasteiger partial charge in [-0.25, -0.2) is 9.97 Å². The SMILES string of the molecule is Cc1nccc([C@H]2C[C@H]3CN(Cc4cnn(C)c4)CC[C@@H]3O2)n1. The standard InChI is InChI=1S/C17H23N5O/c1-12-18-5-3-15(20-12)17-7-14-11-22(6-4-16(14)23-17)10-13-8-19-21(2)9-13/h3,5,8-9,14,16-17H,4,6-7,10-11H2,1-2H3/t14-,16-,17+/m0/s1. The summed E-state index contributed by atoms with van der Waals surface area (Å²) in [5.74, 6) is 1.42. The minimum Gasteiger partial charge on any atom is -0.368 e. The molecule has 0 amide bonds. The molecule has 122 valence electrons. The number of aromatic nitrogens is 4. The van der Waals surface area contributed by atoms with E-state index < -0.39 is 0 Å². The Kier molecular flexibility index (Phi) is 3.87. The molecular weight excluding hydrogens is 290 g/mol. The molecular formula is C17H23N5O. The smallest absolute Gasteiger partial charge is 0.125 e. The van der Waals surface area contributed by atoms with Crippen LogP contribution in [0, 0.1) is 12.8 Å². The van der Waals surface area contributed by atoms with Gasteiger partial charge in [-0.2, -0.15) is 5.10 Å². The largest absolute Gasteiger partial charge is 0.368 e. The summed E-state index contributed by atoms with van der Waals surface area (Å²) in [5.41, 5.74) is 2.32. The van der Waals surface area contributed by atoms with Gasteiger partial charge in [0.2, 0.25) is 0 Å². The summed E-state index contributed by atoms with van der Waals surface area (Å²) in [6.45, 7) is 5.10. The summed E-state index contributed by atoms with van der Waals surface area (Å²) in [6, 6.07) is 1.99. The number of fused-ring (bicyclic) bond motifs is 1. The van der Waals surface area contributed by atoms with Crippen LogP contribution in [-0.4, -0.2) is 43.8 Å². The minimum absolute atomic E-state index is 0.130. The Morgan fingerprint density at radius 1 is 1.39 bits per heavy atom. The Balaban J connectivity index is 1.40. The Hall–Kier alpha value is -1.79. The average molecular weight is 313 g/mol. The van der Waals surface area contributed by atoms with Crippen molar-refractivity contribution in [2.45, 2.75) is 38.5 Å². The van der Waals surface area contributed by atoms with Gasteiger partial charge in [0, 0.05) is 50.6 Å². The topological polar surface area (TPSA) is 56.1 Å². The van der Waals surface area contributed by atoms with Gasteiger partial charge in [0.05, 0.1) is 18.0 Å². The molecule has 0 spiro atoms. The summed E-state index contributed by atoms with van der Waals surface area (Å²) in [7, 11) is 1.97. The third-order valence-corrected chi connectivity index (χ3v) is 4.90. The molecule has 2 aliphatic heterocycles. The molecule has 0 bridgehead atoms. The molecule has 0 unspecified atom stereocenters. The van der Waals surface area contributed by atoms with Crippen molar-refractivity contribution in [3.05, 3.63) is 41.7 Å². The second kappa shape index (κ2) is 6.02. The van der Waals surface area contributed by atoms with Crippen LogP contribution in [0.4, 0.5) is 0 Å². The maximum Gasteiger partial charge on any atom is 0.125 e. The van der Waals surface area contributed by atoms with Crippen molar-refractivity contribution in [1.29, 1.82) is 0 Å². The Morgan fingerprint density at radius 2 is 2.30 bits per heavy atom. The molecule has 4 rings (SSSR count). The second-order valence-corrected chi connectivity index (χ2v) is 6.73. The van der Waals surface area contributed by atoms with Crippen LogP contribution in [0.2, 0.25) is 0 Å². The highest BCUT2D eigenvalue weighted by molar-refractivity contribution is 5.09. The third kappa shape index (κ3) is 3.14. The molecule has 0 N–H and O–H groups in total. The van der Waals surface area contributed by atoms with Crippen molar-refractivity contribution in [3.8, 4) is 0 Å². The lowest BCUT2D eigenvalue weighted by molar-refractivity contribution is -0.00235. The molecule has 23 heavy (non-hydrogen) atoms. The van der Waals surface area contributed by atoms with Gasteiger partial charge >= 0.3 is 0 Å². The fourth-order valence-electron chi connectivity index (χ4n) is 3.83. The molecule has 4 heterocycles. The van der Waals surface area contributed by atoms with Crippen LogP contribution in [0.25, 0.3) is 0 Å². The van der Waals surface area contributed by atoms with Gasteiger partial charge < -0.3 is 4.74 Å². The quantitative estimate of drug-likeness (QED) is 0.866. The van der Waals surface area contributed by atoms with E-state index in [0.29, 0.717) is 12.0 Å². The summed E-state index contributed by atoms with van der Waals surface area (Å²) < 4.78 is 8.14. The van der Waals surface area contributed by atoms with E-state index in [1.54, 1.807) is 0 Å². The molecule has 6 heteroatoms. The molecule has 2 aromatic heterocycles. The zero-order valence-corrected chi connectivity index (χ0v) is 13.7. The van der Waals surface area contributed by atoms with Crippen LogP contribution in [-0.2, 0) is 18.3 Å². The number of hydrogen-bond donors (Lipinski definition) is 0. The molecule has 2 fully saturated rings. The number of rotatable bonds is 3. The molecule has 0 radical (unpaired) electrons. The van der Waals surface area contributed by atoms with Crippen LogP contribution in [0.15, 0.2) is 24.7 Å². The highest BCUT2D eigenvalue weighted by atomic mass is 16.5. The fourth-order valence-corrected chi connectivity index (χ4v) is 3.83. The molecule has 0 saturated carbocycles. The van der Waals surface area contributed by atoms with E-state index in [0.717, 1.165) is 44.0 Å². The number of likely N-dealkylation sites (tertiary alicyclic amines) is 1. The van der Waals surface area contributed by atoms with Gasteiger partial charge in [-0.15, -0.1) is 0 Å². The van der Waals surface area contributed by atoms with E-state index >= 15 is 0 Å². The first-order valence-electron chi connectivity index (χ1n) is 8.32. The summed E-state index contributed by atoms with van der Waals surface area (Å²) in [6.07, 6.45) is 8.56. The number of piperidine rings is 1. The van der Waals surface area contributed by atoms with Crippen molar-refractivity contribution < 1.29 is 4.74 Å². The van der Waals surface area contributed by atoms with E-state index in [2.05, 4.69) is 26.2 Å². The second-order valence-electron chi connectivity index (χ2n) is 6.73. The maximum atomic E-state index is 6.28. The van der Waals surface area contributed by atoms with Crippen LogP contribution in [0.1, 0.15) is 36.0 Å². The first-order valence-corrected chi connectivity index (χ1v) is 8.32. The van der Waals surface area contributed by atoms with Gasteiger partial charge in [0.25, 0.3) is 0 Å². The zero-order valence-electron chi connectivity index (χ0n) is 13.7. The molecule has 2 aliphatic rings. The van der Waals surface area contributed by atoms with Crippen molar-refractivity contribution in [2.24, 2.45) is 13.0 Å². The summed E-state index contributed by atoms with van der Waals surface area (Å²) in [5, 5.41) is 4.26. The summed E-state index contributed by atoms with van der Waals surface area (Å²) in [4.78, 5) is 11.2. The van der Waals surface area contributed by atoms with Crippen LogP contribution in [0.3, 0.4) is 0 Å². The number of nitrogens with zero attached hydrogens (tertiary/aromatic N) is 5. The monoisotopic (exact) mass is 313 g/mol.